The highest BCUT2D eigenvalue weighted by atomic mass is 19.1. The van der Waals surface area contributed by atoms with Crippen molar-refractivity contribution >= 4 is 5.96 Å². The van der Waals surface area contributed by atoms with Crippen molar-refractivity contribution in [1.82, 2.24) is 15.5 Å². The van der Waals surface area contributed by atoms with Crippen molar-refractivity contribution in [2.24, 2.45) is 4.99 Å². The zero-order valence-electron chi connectivity index (χ0n) is 13.6. The monoisotopic (exact) mass is 306 g/mol. The van der Waals surface area contributed by atoms with Gasteiger partial charge in [0.05, 0.1) is 0 Å². The lowest BCUT2D eigenvalue weighted by Crippen LogP contribution is -2.48. The zero-order chi connectivity index (χ0) is 15.8. The lowest BCUT2D eigenvalue weighted by atomic mass is 10.0. The number of aliphatic imine (C=N–C) groups is 1. The first-order valence-corrected chi connectivity index (χ1v) is 8.16. The SMILES string of the molecule is CCN1CCCCC1CNC(=NC)NCc1ccccc1F. The van der Waals surface area contributed by atoms with Gasteiger partial charge in [0.2, 0.25) is 0 Å². The van der Waals surface area contributed by atoms with E-state index in [4.69, 9.17) is 0 Å². The molecule has 1 heterocycles. The molecule has 0 radical (unpaired) electrons. The maximum Gasteiger partial charge on any atom is 0.191 e. The van der Waals surface area contributed by atoms with Crippen LogP contribution in [-0.4, -0.2) is 43.6 Å². The molecule has 1 saturated heterocycles. The highest BCUT2D eigenvalue weighted by Crippen LogP contribution is 2.15. The van der Waals surface area contributed by atoms with Crippen LogP contribution < -0.4 is 10.6 Å². The average molecular weight is 306 g/mol. The second-order valence-corrected chi connectivity index (χ2v) is 5.68. The van der Waals surface area contributed by atoms with E-state index >= 15 is 0 Å². The van der Waals surface area contributed by atoms with E-state index in [0.717, 1.165) is 19.0 Å². The smallest absolute Gasteiger partial charge is 0.191 e. The first-order valence-electron chi connectivity index (χ1n) is 8.16. The number of piperidine rings is 1. The minimum Gasteiger partial charge on any atom is -0.355 e. The molecule has 1 aliphatic heterocycles. The van der Waals surface area contributed by atoms with E-state index < -0.39 is 0 Å². The molecule has 1 aliphatic rings. The van der Waals surface area contributed by atoms with Crippen molar-refractivity contribution in [3.63, 3.8) is 0 Å². The van der Waals surface area contributed by atoms with Crippen LogP contribution in [0.2, 0.25) is 0 Å². The third-order valence-corrected chi connectivity index (χ3v) is 4.29. The fourth-order valence-corrected chi connectivity index (χ4v) is 2.96. The normalized spacial score (nSPS) is 20.0. The lowest BCUT2D eigenvalue weighted by molar-refractivity contribution is 0.157. The average Bonchev–Trinajstić information content (AvgIpc) is 2.56. The Morgan fingerprint density at radius 2 is 2.14 bits per heavy atom. The maximum atomic E-state index is 13.6. The summed E-state index contributed by atoms with van der Waals surface area (Å²) in [6, 6.07) is 7.38. The minimum atomic E-state index is -0.185. The molecule has 1 aromatic rings. The molecule has 1 unspecified atom stereocenters. The van der Waals surface area contributed by atoms with Gasteiger partial charge in [0.15, 0.2) is 5.96 Å². The van der Waals surface area contributed by atoms with Gasteiger partial charge in [0, 0.05) is 31.7 Å². The summed E-state index contributed by atoms with van der Waals surface area (Å²) in [6.45, 7) is 5.81. The summed E-state index contributed by atoms with van der Waals surface area (Å²) in [7, 11) is 1.75. The summed E-state index contributed by atoms with van der Waals surface area (Å²) in [5.41, 5.74) is 0.651. The molecule has 1 aromatic carbocycles. The second-order valence-electron chi connectivity index (χ2n) is 5.68. The molecule has 0 saturated carbocycles. The van der Waals surface area contributed by atoms with Crippen molar-refractivity contribution in [2.45, 2.75) is 38.8 Å². The number of rotatable bonds is 5. The van der Waals surface area contributed by atoms with Crippen LogP contribution in [-0.2, 0) is 6.54 Å². The number of likely N-dealkylation sites (N-methyl/N-ethyl adjacent to an activating group) is 1. The molecule has 0 amide bonds. The largest absolute Gasteiger partial charge is 0.355 e. The van der Waals surface area contributed by atoms with Crippen molar-refractivity contribution in [1.29, 1.82) is 0 Å². The molecule has 4 nitrogen and oxygen atoms in total. The van der Waals surface area contributed by atoms with Gasteiger partial charge in [-0.2, -0.15) is 0 Å². The van der Waals surface area contributed by atoms with E-state index in [2.05, 4.69) is 27.4 Å². The number of halogens is 1. The van der Waals surface area contributed by atoms with Crippen LogP contribution in [0.1, 0.15) is 31.7 Å². The van der Waals surface area contributed by atoms with Crippen molar-refractivity contribution in [3.8, 4) is 0 Å². The molecule has 0 bridgehead atoms. The number of guanidine groups is 1. The predicted octanol–water partition coefficient (Wildman–Crippen LogP) is 2.37. The molecular formula is C17H27FN4. The first-order chi connectivity index (χ1) is 10.7. The van der Waals surface area contributed by atoms with Gasteiger partial charge in [-0.3, -0.25) is 9.89 Å². The van der Waals surface area contributed by atoms with E-state index in [9.17, 15) is 4.39 Å². The molecule has 22 heavy (non-hydrogen) atoms. The Hall–Kier alpha value is -1.62. The summed E-state index contributed by atoms with van der Waals surface area (Å²) < 4.78 is 13.6. The summed E-state index contributed by atoms with van der Waals surface area (Å²) in [6.07, 6.45) is 3.82. The highest BCUT2D eigenvalue weighted by molar-refractivity contribution is 5.79. The molecule has 0 aliphatic carbocycles. The van der Waals surface area contributed by atoms with E-state index in [1.165, 1.54) is 31.9 Å². The Kier molecular flexibility index (Phi) is 6.65. The second kappa shape index (κ2) is 8.73. The Morgan fingerprint density at radius 1 is 1.32 bits per heavy atom. The van der Waals surface area contributed by atoms with Gasteiger partial charge in [0.25, 0.3) is 0 Å². The van der Waals surface area contributed by atoms with E-state index in [1.54, 1.807) is 19.2 Å². The number of nitrogens with zero attached hydrogens (tertiary/aromatic N) is 2. The van der Waals surface area contributed by atoms with E-state index in [1.807, 2.05) is 6.07 Å². The third kappa shape index (κ3) is 4.70. The van der Waals surface area contributed by atoms with Gasteiger partial charge in [-0.25, -0.2) is 4.39 Å². The molecule has 0 spiro atoms. The zero-order valence-corrected chi connectivity index (χ0v) is 13.6. The Bertz CT molecular complexity index is 489. The van der Waals surface area contributed by atoms with Crippen LogP contribution in [0.4, 0.5) is 4.39 Å². The fraction of sp³-hybridized carbons (Fsp3) is 0.588. The Morgan fingerprint density at radius 3 is 2.86 bits per heavy atom. The van der Waals surface area contributed by atoms with Crippen LogP contribution in [0, 0.1) is 5.82 Å². The van der Waals surface area contributed by atoms with Gasteiger partial charge < -0.3 is 10.6 Å². The third-order valence-electron chi connectivity index (χ3n) is 4.29. The summed E-state index contributed by atoms with van der Waals surface area (Å²) in [5.74, 6) is 0.541. The molecule has 1 fully saturated rings. The molecule has 1 atom stereocenters. The molecule has 2 N–H and O–H groups in total. The minimum absolute atomic E-state index is 0.185. The van der Waals surface area contributed by atoms with Crippen molar-refractivity contribution in [2.75, 3.05) is 26.7 Å². The summed E-state index contributed by atoms with van der Waals surface area (Å²) in [5, 5.41) is 6.55. The number of nitrogens with one attached hydrogen (secondary N) is 2. The summed E-state index contributed by atoms with van der Waals surface area (Å²) >= 11 is 0. The van der Waals surface area contributed by atoms with Crippen molar-refractivity contribution in [3.05, 3.63) is 35.6 Å². The van der Waals surface area contributed by atoms with Gasteiger partial charge in [-0.05, 0) is 32.0 Å². The van der Waals surface area contributed by atoms with Crippen LogP contribution in [0.3, 0.4) is 0 Å². The van der Waals surface area contributed by atoms with Gasteiger partial charge >= 0.3 is 0 Å². The highest BCUT2D eigenvalue weighted by Gasteiger charge is 2.20. The van der Waals surface area contributed by atoms with Crippen LogP contribution >= 0.6 is 0 Å². The van der Waals surface area contributed by atoms with Crippen LogP contribution in [0.5, 0.6) is 0 Å². The Balaban J connectivity index is 1.81. The number of likely N-dealkylation sites (tertiary alicyclic amines) is 1. The van der Waals surface area contributed by atoms with E-state index in [0.29, 0.717) is 18.2 Å². The molecule has 122 valence electrons. The molecular weight excluding hydrogens is 279 g/mol. The molecule has 2 rings (SSSR count). The quantitative estimate of drug-likeness (QED) is 0.648. The standard InChI is InChI=1S/C17H27FN4/c1-3-22-11-7-6-9-15(22)13-21-17(19-2)20-12-14-8-4-5-10-16(14)18/h4-5,8,10,15H,3,6-7,9,11-13H2,1-2H3,(H2,19,20,21). The summed E-state index contributed by atoms with van der Waals surface area (Å²) in [4.78, 5) is 6.74. The van der Waals surface area contributed by atoms with E-state index in [-0.39, 0.29) is 5.82 Å². The fourth-order valence-electron chi connectivity index (χ4n) is 2.96. The van der Waals surface area contributed by atoms with Crippen molar-refractivity contribution < 1.29 is 4.39 Å². The van der Waals surface area contributed by atoms with Crippen LogP contribution in [0.15, 0.2) is 29.3 Å². The van der Waals surface area contributed by atoms with Gasteiger partial charge in [0.1, 0.15) is 5.82 Å². The topological polar surface area (TPSA) is 39.7 Å². The molecule has 0 aromatic heterocycles. The Labute approximate surface area is 132 Å². The first kappa shape index (κ1) is 16.7. The van der Waals surface area contributed by atoms with Crippen LogP contribution in [0.25, 0.3) is 0 Å². The predicted molar refractivity (Wildman–Crippen MR) is 89.5 cm³/mol. The number of hydrogen-bond acceptors (Lipinski definition) is 2. The maximum absolute atomic E-state index is 13.6. The van der Waals surface area contributed by atoms with Gasteiger partial charge in [-0.1, -0.05) is 31.5 Å². The number of hydrogen-bond donors (Lipinski definition) is 2. The molecule has 5 heteroatoms. The lowest BCUT2D eigenvalue weighted by Gasteiger charge is -2.35. The number of benzene rings is 1. The van der Waals surface area contributed by atoms with Gasteiger partial charge in [-0.15, -0.1) is 0 Å².